The fraction of sp³-hybridized carbons (Fsp3) is 0.846. The summed E-state index contributed by atoms with van der Waals surface area (Å²) >= 11 is 1.47. The molecule has 7 heteroatoms. The first-order valence-corrected chi connectivity index (χ1v) is 7.92. The van der Waals surface area contributed by atoms with E-state index in [0.717, 1.165) is 35.9 Å². The highest BCUT2D eigenvalue weighted by molar-refractivity contribution is 7.11. The summed E-state index contributed by atoms with van der Waals surface area (Å²) in [6, 6.07) is 0. The molecular formula is C13H20F3N3S. The zero-order valence-corrected chi connectivity index (χ0v) is 12.4. The molecule has 0 amide bonds. The molecular weight excluding hydrogens is 287 g/mol. The Balaban J connectivity index is 1.94. The molecule has 1 saturated carbocycles. The number of hydrogen-bond donors (Lipinski definition) is 1. The van der Waals surface area contributed by atoms with E-state index >= 15 is 0 Å². The van der Waals surface area contributed by atoms with Crippen LogP contribution in [0.4, 0.5) is 13.2 Å². The minimum Gasteiger partial charge on any atom is -0.317 e. The van der Waals surface area contributed by atoms with Gasteiger partial charge in [0.15, 0.2) is 0 Å². The van der Waals surface area contributed by atoms with Crippen LogP contribution in [0.3, 0.4) is 0 Å². The molecule has 0 spiro atoms. The van der Waals surface area contributed by atoms with Crippen molar-refractivity contribution in [2.24, 2.45) is 5.92 Å². The van der Waals surface area contributed by atoms with Crippen LogP contribution in [0.5, 0.6) is 0 Å². The maximum absolute atomic E-state index is 12.8. The SMILES string of the molecule is CCNCCc1nnc(C2CCCC(C(F)(F)F)C2)s1. The van der Waals surface area contributed by atoms with Crippen molar-refractivity contribution in [1.29, 1.82) is 0 Å². The van der Waals surface area contributed by atoms with E-state index in [1.807, 2.05) is 6.92 Å². The van der Waals surface area contributed by atoms with Gasteiger partial charge in [-0.15, -0.1) is 21.5 Å². The molecule has 0 aromatic carbocycles. The van der Waals surface area contributed by atoms with E-state index in [1.165, 1.54) is 11.3 Å². The van der Waals surface area contributed by atoms with E-state index in [4.69, 9.17) is 0 Å². The zero-order chi connectivity index (χ0) is 14.6. The summed E-state index contributed by atoms with van der Waals surface area (Å²) in [5, 5.41) is 13.1. The zero-order valence-electron chi connectivity index (χ0n) is 11.5. The van der Waals surface area contributed by atoms with Crippen molar-refractivity contribution in [1.82, 2.24) is 15.5 Å². The average molecular weight is 307 g/mol. The van der Waals surface area contributed by atoms with E-state index in [1.54, 1.807) is 0 Å². The van der Waals surface area contributed by atoms with Crippen molar-refractivity contribution in [3.63, 3.8) is 0 Å². The standard InChI is InChI=1S/C13H20F3N3S/c1-2-17-7-6-11-18-19-12(20-11)9-4-3-5-10(8-9)13(14,15)16/h9-10,17H,2-8H2,1H3. The normalized spacial score (nSPS) is 24.0. The number of nitrogens with zero attached hydrogens (tertiary/aromatic N) is 2. The summed E-state index contributed by atoms with van der Waals surface area (Å²) < 4.78 is 38.4. The number of halogens is 3. The Labute approximate surface area is 121 Å². The van der Waals surface area contributed by atoms with E-state index in [9.17, 15) is 13.2 Å². The highest BCUT2D eigenvalue weighted by atomic mass is 32.1. The van der Waals surface area contributed by atoms with Gasteiger partial charge in [0.05, 0.1) is 5.92 Å². The van der Waals surface area contributed by atoms with Gasteiger partial charge in [-0.2, -0.15) is 13.2 Å². The van der Waals surface area contributed by atoms with Crippen molar-refractivity contribution in [2.75, 3.05) is 13.1 Å². The van der Waals surface area contributed by atoms with Crippen molar-refractivity contribution >= 4 is 11.3 Å². The lowest BCUT2D eigenvalue weighted by atomic mass is 9.81. The van der Waals surface area contributed by atoms with E-state index in [2.05, 4.69) is 15.5 Å². The highest BCUT2D eigenvalue weighted by Gasteiger charge is 2.43. The van der Waals surface area contributed by atoms with Gasteiger partial charge in [-0.25, -0.2) is 0 Å². The van der Waals surface area contributed by atoms with Gasteiger partial charge in [-0.1, -0.05) is 13.3 Å². The lowest BCUT2D eigenvalue weighted by Crippen LogP contribution is -2.28. The summed E-state index contributed by atoms with van der Waals surface area (Å²) in [4.78, 5) is 0. The van der Waals surface area contributed by atoms with Gasteiger partial charge < -0.3 is 5.32 Å². The Morgan fingerprint density at radius 1 is 1.30 bits per heavy atom. The van der Waals surface area contributed by atoms with Crippen LogP contribution >= 0.6 is 11.3 Å². The van der Waals surface area contributed by atoms with Crippen LogP contribution in [0.25, 0.3) is 0 Å². The number of alkyl halides is 3. The maximum atomic E-state index is 12.8. The quantitative estimate of drug-likeness (QED) is 0.846. The molecule has 1 aromatic heterocycles. The molecule has 1 aliphatic carbocycles. The minimum atomic E-state index is -4.07. The smallest absolute Gasteiger partial charge is 0.317 e. The molecule has 2 rings (SSSR count). The van der Waals surface area contributed by atoms with Gasteiger partial charge in [0.2, 0.25) is 0 Å². The maximum Gasteiger partial charge on any atom is 0.391 e. The fourth-order valence-corrected chi connectivity index (χ4v) is 3.61. The minimum absolute atomic E-state index is 0.0687. The van der Waals surface area contributed by atoms with Crippen LogP contribution in [-0.4, -0.2) is 29.5 Å². The van der Waals surface area contributed by atoms with Crippen molar-refractivity contribution in [3.8, 4) is 0 Å². The molecule has 2 unspecified atom stereocenters. The molecule has 0 bridgehead atoms. The van der Waals surface area contributed by atoms with Gasteiger partial charge in [-0.3, -0.25) is 0 Å². The number of nitrogens with one attached hydrogen (secondary N) is 1. The Morgan fingerprint density at radius 3 is 2.80 bits per heavy atom. The van der Waals surface area contributed by atoms with Crippen LogP contribution in [0.15, 0.2) is 0 Å². The summed E-state index contributed by atoms with van der Waals surface area (Å²) in [5.74, 6) is -1.24. The lowest BCUT2D eigenvalue weighted by molar-refractivity contribution is -0.183. The average Bonchev–Trinajstić information content (AvgIpc) is 2.87. The van der Waals surface area contributed by atoms with Gasteiger partial charge in [0.1, 0.15) is 10.0 Å². The Kier molecular flexibility index (Phi) is 5.37. The number of rotatable bonds is 5. The molecule has 1 N–H and O–H groups in total. The molecule has 1 aromatic rings. The van der Waals surface area contributed by atoms with Crippen LogP contribution in [0.1, 0.15) is 48.5 Å². The monoisotopic (exact) mass is 307 g/mol. The van der Waals surface area contributed by atoms with Crippen molar-refractivity contribution in [3.05, 3.63) is 10.0 Å². The molecule has 20 heavy (non-hydrogen) atoms. The third-order valence-electron chi connectivity index (χ3n) is 3.73. The van der Waals surface area contributed by atoms with Gasteiger partial charge in [0.25, 0.3) is 0 Å². The number of hydrogen-bond acceptors (Lipinski definition) is 4. The molecule has 2 atom stereocenters. The summed E-state index contributed by atoms with van der Waals surface area (Å²) in [6.45, 7) is 3.77. The van der Waals surface area contributed by atoms with Gasteiger partial charge in [-0.05, 0) is 25.8 Å². The first-order valence-electron chi connectivity index (χ1n) is 7.10. The van der Waals surface area contributed by atoms with Gasteiger partial charge in [0, 0.05) is 18.9 Å². The van der Waals surface area contributed by atoms with Crippen LogP contribution in [0, 0.1) is 5.92 Å². The molecule has 114 valence electrons. The Hall–Kier alpha value is -0.690. The Bertz CT molecular complexity index is 419. The third kappa shape index (κ3) is 4.15. The topological polar surface area (TPSA) is 37.8 Å². The lowest BCUT2D eigenvalue weighted by Gasteiger charge is -2.29. The van der Waals surface area contributed by atoms with Crippen LogP contribution in [0.2, 0.25) is 0 Å². The molecule has 0 aliphatic heterocycles. The van der Waals surface area contributed by atoms with Crippen molar-refractivity contribution in [2.45, 2.75) is 51.1 Å². The predicted octanol–water partition coefficient (Wildman–Crippen LogP) is 3.53. The second kappa shape index (κ2) is 6.85. The highest BCUT2D eigenvalue weighted by Crippen LogP contribution is 2.44. The molecule has 0 radical (unpaired) electrons. The van der Waals surface area contributed by atoms with Crippen LogP contribution in [-0.2, 0) is 6.42 Å². The molecule has 1 fully saturated rings. The molecule has 0 saturated heterocycles. The summed E-state index contributed by atoms with van der Waals surface area (Å²) in [6.07, 6.45) is -1.43. The van der Waals surface area contributed by atoms with Gasteiger partial charge >= 0.3 is 6.18 Å². The molecule has 3 nitrogen and oxygen atoms in total. The second-order valence-electron chi connectivity index (χ2n) is 5.24. The first-order chi connectivity index (χ1) is 9.50. The molecule has 1 aliphatic rings. The number of aromatic nitrogens is 2. The third-order valence-corrected chi connectivity index (χ3v) is 4.88. The number of likely N-dealkylation sites (N-methyl/N-ethyl adjacent to an activating group) is 1. The van der Waals surface area contributed by atoms with E-state index in [-0.39, 0.29) is 18.8 Å². The van der Waals surface area contributed by atoms with E-state index in [0.29, 0.717) is 6.42 Å². The van der Waals surface area contributed by atoms with Crippen molar-refractivity contribution < 1.29 is 13.2 Å². The largest absolute Gasteiger partial charge is 0.391 e. The fourth-order valence-electron chi connectivity index (χ4n) is 2.62. The Morgan fingerprint density at radius 2 is 2.10 bits per heavy atom. The first kappa shape index (κ1) is 15.7. The molecule has 1 heterocycles. The van der Waals surface area contributed by atoms with E-state index < -0.39 is 12.1 Å². The summed E-state index contributed by atoms with van der Waals surface area (Å²) in [5.41, 5.74) is 0. The second-order valence-corrected chi connectivity index (χ2v) is 6.33. The summed E-state index contributed by atoms with van der Waals surface area (Å²) in [7, 11) is 0. The predicted molar refractivity (Wildman–Crippen MR) is 72.9 cm³/mol. The van der Waals surface area contributed by atoms with Crippen LogP contribution < -0.4 is 5.32 Å².